The number of amides is 2. The van der Waals surface area contributed by atoms with Gasteiger partial charge < -0.3 is 20.5 Å². The zero-order valence-electron chi connectivity index (χ0n) is 14.3. The highest BCUT2D eigenvalue weighted by atomic mass is 16.7. The molecule has 6 heteroatoms. The second-order valence-corrected chi connectivity index (χ2v) is 6.73. The molecule has 0 aromatic heterocycles. The van der Waals surface area contributed by atoms with Gasteiger partial charge in [-0.2, -0.15) is 0 Å². The predicted octanol–water partition coefficient (Wildman–Crippen LogP) is 3.47. The fourth-order valence-corrected chi connectivity index (χ4v) is 3.46. The first kappa shape index (κ1) is 16.4. The van der Waals surface area contributed by atoms with Crippen LogP contribution in [0.5, 0.6) is 11.5 Å². The van der Waals surface area contributed by atoms with Crippen LogP contribution in [-0.2, 0) is 0 Å². The molecule has 1 heterocycles. The number of carbonyl (C=O) groups is 2. The van der Waals surface area contributed by atoms with E-state index in [0.29, 0.717) is 22.6 Å². The SMILES string of the molecule is NC(=O)c1ccc(C(=O)Nc2ccc3c(c2)OC2(CCCCC2)O3)cc1. The molecule has 26 heavy (non-hydrogen) atoms. The molecule has 0 radical (unpaired) electrons. The summed E-state index contributed by atoms with van der Waals surface area (Å²) in [6.07, 6.45) is 5.17. The topological polar surface area (TPSA) is 90.7 Å². The number of ether oxygens (including phenoxy) is 2. The van der Waals surface area contributed by atoms with Gasteiger partial charge in [0.1, 0.15) is 0 Å². The first-order valence-electron chi connectivity index (χ1n) is 8.78. The number of primary amides is 1. The molecule has 0 unspecified atom stereocenters. The third kappa shape index (κ3) is 3.10. The highest BCUT2D eigenvalue weighted by molar-refractivity contribution is 6.05. The van der Waals surface area contributed by atoms with Crippen molar-refractivity contribution in [3.8, 4) is 11.5 Å². The van der Waals surface area contributed by atoms with Crippen molar-refractivity contribution in [3.05, 3.63) is 53.6 Å². The number of nitrogens with one attached hydrogen (secondary N) is 1. The second kappa shape index (κ2) is 6.37. The van der Waals surface area contributed by atoms with E-state index < -0.39 is 11.7 Å². The molecule has 0 saturated heterocycles. The molecule has 1 fully saturated rings. The number of fused-ring (bicyclic) bond motifs is 1. The van der Waals surface area contributed by atoms with Gasteiger partial charge >= 0.3 is 0 Å². The summed E-state index contributed by atoms with van der Waals surface area (Å²) < 4.78 is 12.1. The quantitative estimate of drug-likeness (QED) is 0.885. The molecule has 0 atom stereocenters. The predicted molar refractivity (Wildman–Crippen MR) is 96.4 cm³/mol. The molecule has 6 nitrogen and oxygen atoms in total. The molecule has 2 aliphatic rings. The molecule has 3 N–H and O–H groups in total. The van der Waals surface area contributed by atoms with Crippen molar-refractivity contribution in [1.29, 1.82) is 0 Å². The van der Waals surface area contributed by atoms with Crippen molar-refractivity contribution in [2.24, 2.45) is 5.73 Å². The van der Waals surface area contributed by atoms with Crippen molar-refractivity contribution in [3.63, 3.8) is 0 Å². The van der Waals surface area contributed by atoms with Crippen LogP contribution < -0.4 is 20.5 Å². The highest BCUT2D eigenvalue weighted by Gasteiger charge is 2.42. The van der Waals surface area contributed by atoms with Gasteiger partial charge in [0.05, 0.1) is 0 Å². The number of hydrogen-bond donors (Lipinski definition) is 2. The van der Waals surface area contributed by atoms with Crippen molar-refractivity contribution in [2.45, 2.75) is 37.9 Å². The van der Waals surface area contributed by atoms with E-state index in [0.717, 1.165) is 31.4 Å². The summed E-state index contributed by atoms with van der Waals surface area (Å²) in [6, 6.07) is 11.6. The van der Waals surface area contributed by atoms with E-state index >= 15 is 0 Å². The Bertz CT molecular complexity index is 855. The Balaban J connectivity index is 1.47. The minimum atomic E-state index is -0.534. The summed E-state index contributed by atoms with van der Waals surface area (Å²) in [6.45, 7) is 0. The maximum Gasteiger partial charge on any atom is 0.255 e. The van der Waals surface area contributed by atoms with Crippen LogP contribution in [0.3, 0.4) is 0 Å². The molecule has 1 saturated carbocycles. The fourth-order valence-electron chi connectivity index (χ4n) is 3.46. The van der Waals surface area contributed by atoms with Crippen LogP contribution in [0.25, 0.3) is 0 Å². The van der Waals surface area contributed by atoms with E-state index in [1.807, 2.05) is 6.07 Å². The summed E-state index contributed by atoms with van der Waals surface area (Å²) in [5, 5.41) is 2.84. The van der Waals surface area contributed by atoms with Gasteiger partial charge in [0.15, 0.2) is 11.5 Å². The smallest absolute Gasteiger partial charge is 0.255 e. The van der Waals surface area contributed by atoms with Gasteiger partial charge in [-0.05, 0) is 49.2 Å². The summed E-state index contributed by atoms with van der Waals surface area (Å²) in [5.41, 5.74) is 6.64. The average molecular weight is 352 g/mol. The zero-order chi connectivity index (χ0) is 18.1. The molecule has 1 spiro atoms. The van der Waals surface area contributed by atoms with Gasteiger partial charge in [0, 0.05) is 35.7 Å². The van der Waals surface area contributed by atoms with Gasteiger partial charge in [0.2, 0.25) is 5.91 Å². The van der Waals surface area contributed by atoms with Crippen LogP contribution in [0.15, 0.2) is 42.5 Å². The number of anilines is 1. The van der Waals surface area contributed by atoms with Gasteiger partial charge in [-0.15, -0.1) is 0 Å². The summed E-state index contributed by atoms with van der Waals surface area (Å²) in [5.74, 6) is 0.0505. The number of nitrogens with two attached hydrogens (primary N) is 1. The van der Waals surface area contributed by atoms with Crippen LogP contribution >= 0.6 is 0 Å². The van der Waals surface area contributed by atoms with Crippen LogP contribution in [-0.4, -0.2) is 17.6 Å². The zero-order valence-corrected chi connectivity index (χ0v) is 14.3. The maximum absolute atomic E-state index is 12.4. The number of rotatable bonds is 3. The van der Waals surface area contributed by atoms with E-state index in [-0.39, 0.29) is 5.91 Å². The number of benzene rings is 2. The molecule has 4 rings (SSSR count). The summed E-state index contributed by atoms with van der Waals surface area (Å²) in [4.78, 5) is 23.5. The normalized spacial score (nSPS) is 17.1. The van der Waals surface area contributed by atoms with E-state index in [1.165, 1.54) is 18.6 Å². The third-order valence-corrected chi connectivity index (χ3v) is 4.84. The van der Waals surface area contributed by atoms with Gasteiger partial charge in [-0.1, -0.05) is 6.42 Å². The minimum Gasteiger partial charge on any atom is -0.448 e. The molecule has 2 amide bonds. The number of carbonyl (C=O) groups excluding carboxylic acids is 2. The van der Waals surface area contributed by atoms with E-state index in [2.05, 4.69) is 5.32 Å². The third-order valence-electron chi connectivity index (χ3n) is 4.84. The largest absolute Gasteiger partial charge is 0.448 e. The van der Waals surface area contributed by atoms with Gasteiger partial charge in [-0.25, -0.2) is 0 Å². The lowest BCUT2D eigenvalue weighted by Crippen LogP contribution is -2.40. The Labute approximate surface area is 151 Å². The van der Waals surface area contributed by atoms with E-state index in [9.17, 15) is 9.59 Å². The van der Waals surface area contributed by atoms with Crippen LogP contribution in [0.1, 0.15) is 52.8 Å². The number of hydrogen-bond acceptors (Lipinski definition) is 4. The van der Waals surface area contributed by atoms with E-state index in [4.69, 9.17) is 15.2 Å². The van der Waals surface area contributed by atoms with Crippen molar-refractivity contribution in [1.82, 2.24) is 0 Å². The van der Waals surface area contributed by atoms with Crippen molar-refractivity contribution >= 4 is 17.5 Å². The van der Waals surface area contributed by atoms with Crippen LogP contribution in [0.2, 0.25) is 0 Å². The lowest BCUT2D eigenvalue weighted by molar-refractivity contribution is -0.105. The minimum absolute atomic E-state index is 0.271. The Morgan fingerprint density at radius 2 is 1.54 bits per heavy atom. The summed E-state index contributed by atoms with van der Waals surface area (Å²) in [7, 11) is 0. The summed E-state index contributed by atoms with van der Waals surface area (Å²) >= 11 is 0. The second-order valence-electron chi connectivity index (χ2n) is 6.73. The van der Waals surface area contributed by atoms with E-state index in [1.54, 1.807) is 24.3 Å². The molecule has 134 valence electrons. The Hall–Kier alpha value is -3.02. The van der Waals surface area contributed by atoms with Crippen molar-refractivity contribution < 1.29 is 19.1 Å². The maximum atomic E-state index is 12.4. The Morgan fingerprint density at radius 1 is 0.885 bits per heavy atom. The first-order chi connectivity index (χ1) is 12.5. The Morgan fingerprint density at radius 3 is 2.23 bits per heavy atom. The average Bonchev–Trinajstić information content (AvgIpc) is 2.98. The molecular formula is C20H20N2O4. The Kier molecular flexibility index (Phi) is 4.03. The monoisotopic (exact) mass is 352 g/mol. The highest BCUT2D eigenvalue weighted by Crippen LogP contribution is 2.46. The van der Waals surface area contributed by atoms with Gasteiger partial charge in [-0.3, -0.25) is 9.59 Å². The standard InChI is InChI=1S/C20H20N2O4/c21-18(23)13-4-6-14(7-5-13)19(24)22-15-8-9-16-17(12-15)26-20(25-16)10-2-1-3-11-20/h4-9,12H,1-3,10-11H2,(H2,21,23)(H,22,24). The lowest BCUT2D eigenvalue weighted by atomic mass is 9.94. The lowest BCUT2D eigenvalue weighted by Gasteiger charge is -2.31. The van der Waals surface area contributed by atoms with Crippen LogP contribution in [0, 0.1) is 0 Å². The molecule has 2 aromatic rings. The van der Waals surface area contributed by atoms with Crippen molar-refractivity contribution in [2.75, 3.05) is 5.32 Å². The molecule has 1 aliphatic heterocycles. The molecule has 0 bridgehead atoms. The van der Waals surface area contributed by atoms with Gasteiger partial charge in [0.25, 0.3) is 11.7 Å². The fraction of sp³-hybridized carbons (Fsp3) is 0.300. The van der Waals surface area contributed by atoms with Crippen LogP contribution in [0.4, 0.5) is 5.69 Å². The molecule has 1 aliphatic carbocycles. The molecule has 2 aromatic carbocycles. The first-order valence-corrected chi connectivity index (χ1v) is 8.78. The molecular weight excluding hydrogens is 332 g/mol.